The lowest BCUT2D eigenvalue weighted by Gasteiger charge is -2.15. The molecule has 4 rings (SSSR count). The van der Waals surface area contributed by atoms with E-state index in [0.29, 0.717) is 24.1 Å². The first-order chi connectivity index (χ1) is 16.3. The van der Waals surface area contributed by atoms with Gasteiger partial charge in [-0.15, -0.1) is 0 Å². The average molecular weight is 526 g/mol. The molecule has 1 heterocycles. The molecule has 2 aliphatic rings. The number of hydrazine groups is 1. The largest absolute Gasteiger partial charge is 0.452 e. The van der Waals surface area contributed by atoms with E-state index in [9.17, 15) is 24.0 Å². The second-order valence-electron chi connectivity index (χ2n) is 7.80. The highest BCUT2D eigenvalue weighted by Crippen LogP contribution is 2.37. The molecule has 4 amide bonds. The quantitative estimate of drug-likeness (QED) is 0.267. The summed E-state index contributed by atoms with van der Waals surface area (Å²) in [5, 5.41) is 0. The standard InChI is InChI=1S/C24H20BrN3O6/c25-16-9-5-14(6-10-16)21(30)27-26-20(29)13-34-24(33)15-7-11-17(12-8-15)28-22(31)18-3-1-2-4-19(18)23(28)32/h1-2,5-12,18-19H,3-4,13H2,(H,26,29)(H,27,30)/t18-,19-/m0/s1. The molecule has 0 bridgehead atoms. The van der Waals surface area contributed by atoms with Crippen molar-refractivity contribution >= 4 is 51.2 Å². The van der Waals surface area contributed by atoms with Gasteiger partial charge in [0.05, 0.1) is 23.1 Å². The highest BCUT2D eigenvalue weighted by Gasteiger charge is 2.47. The van der Waals surface area contributed by atoms with Crippen LogP contribution in [-0.4, -0.2) is 36.2 Å². The van der Waals surface area contributed by atoms with Crippen molar-refractivity contribution in [3.63, 3.8) is 0 Å². The second-order valence-corrected chi connectivity index (χ2v) is 8.72. The van der Waals surface area contributed by atoms with Crippen LogP contribution in [0.3, 0.4) is 0 Å². The molecule has 0 saturated carbocycles. The fourth-order valence-corrected chi connectivity index (χ4v) is 4.12. The third-order valence-electron chi connectivity index (χ3n) is 5.62. The number of fused-ring (bicyclic) bond motifs is 1. The first-order valence-corrected chi connectivity index (χ1v) is 11.3. The van der Waals surface area contributed by atoms with Crippen LogP contribution in [0.25, 0.3) is 0 Å². The maximum absolute atomic E-state index is 12.7. The van der Waals surface area contributed by atoms with Crippen molar-refractivity contribution in [2.75, 3.05) is 11.5 Å². The number of hydrogen-bond acceptors (Lipinski definition) is 6. The molecule has 0 aromatic heterocycles. The molecule has 0 radical (unpaired) electrons. The van der Waals surface area contributed by atoms with Crippen LogP contribution in [0.15, 0.2) is 65.2 Å². The van der Waals surface area contributed by atoms with E-state index in [4.69, 9.17) is 4.74 Å². The van der Waals surface area contributed by atoms with E-state index in [-0.39, 0.29) is 29.2 Å². The van der Waals surface area contributed by atoms with Gasteiger partial charge in [-0.25, -0.2) is 4.79 Å². The normalized spacial score (nSPS) is 18.9. The van der Waals surface area contributed by atoms with Gasteiger partial charge in [0.1, 0.15) is 0 Å². The summed E-state index contributed by atoms with van der Waals surface area (Å²) in [5.41, 5.74) is 5.27. The van der Waals surface area contributed by atoms with Crippen molar-refractivity contribution in [2.24, 2.45) is 11.8 Å². The summed E-state index contributed by atoms with van der Waals surface area (Å²) in [6, 6.07) is 12.3. The fraction of sp³-hybridized carbons (Fsp3) is 0.208. The number of benzene rings is 2. The summed E-state index contributed by atoms with van der Waals surface area (Å²) in [5.74, 6) is -3.18. The molecule has 1 saturated heterocycles. The third-order valence-corrected chi connectivity index (χ3v) is 6.15. The van der Waals surface area contributed by atoms with Crippen LogP contribution in [0.2, 0.25) is 0 Å². The van der Waals surface area contributed by atoms with Gasteiger partial charge in [-0.3, -0.25) is 34.9 Å². The molecule has 1 aliphatic carbocycles. The number of carbonyl (C=O) groups is 5. The zero-order chi connectivity index (χ0) is 24.2. The van der Waals surface area contributed by atoms with Gasteiger partial charge in [-0.1, -0.05) is 28.1 Å². The van der Waals surface area contributed by atoms with Crippen molar-refractivity contribution < 1.29 is 28.7 Å². The van der Waals surface area contributed by atoms with Gasteiger partial charge in [-0.05, 0) is 61.4 Å². The van der Waals surface area contributed by atoms with E-state index >= 15 is 0 Å². The van der Waals surface area contributed by atoms with Gasteiger partial charge in [0.15, 0.2) is 6.61 Å². The molecule has 0 unspecified atom stereocenters. The Balaban J connectivity index is 1.28. The number of rotatable bonds is 5. The number of nitrogens with one attached hydrogen (secondary N) is 2. The maximum Gasteiger partial charge on any atom is 0.338 e. The van der Waals surface area contributed by atoms with E-state index in [1.165, 1.54) is 29.2 Å². The van der Waals surface area contributed by atoms with Gasteiger partial charge >= 0.3 is 5.97 Å². The molecule has 2 aromatic rings. The lowest BCUT2D eigenvalue weighted by molar-refractivity contribution is -0.125. The van der Waals surface area contributed by atoms with Crippen molar-refractivity contribution in [3.8, 4) is 0 Å². The zero-order valence-corrected chi connectivity index (χ0v) is 19.4. The highest BCUT2D eigenvalue weighted by atomic mass is 79.9. The number of esters is 1. The monoisotopic (exact) mass is 525 g/mol. The molecule has 1 aliphatic heterocycles. The molecular weight excluding hydrogens is 506 g/mol. The number of hydrogen-bond donors (Lipinski definition) is 2. The van der Waals surface area contributed by atoms with Crippen LogP contribution in [0.1, 0.15) is 33.6 Å². The predicted octanol–water partition coefficient (Wildman–Crippen LogP) is 2.52. The molecule has 34 heavy (non-hydrogen) atoms. The molecule has 174 valence electrons. The second kappa shape index (κ2) is 10.0. The smallest absolute Gasteiger partial charge is 0.338 e. The van der Waals surface area contributed by atoms with Crippen LogP contribution >= 0.6 is 15.9 Å². The van der Waals surface area contributed by atoms with Crippen LogP contribution in [0, 0.1) is 11.8 Å². The topological polar surface area (TPSA) is 122 Å². The van der Waals surface area contributed by atoms with E-state index in [1.807, 2.05) is 12.2 Å². The average Bonchev–Trinajstić information content (AvgIpc) is 3.11. The molecule has 2 atom stereocenters. The van der Waals surface area contributed by atoms with Crippen LogP contribution in [-0.2, 0) is 19.1 Å². The maximum atomic E-state index is 12.7. The van der Waals surface area contributed by atoms with E-state index in [0.717, 1.165) is 4.47 Å². The lowest BCUT2D eigenvalue weighted by atomic mass is 9.85. The Bertz CT molecular complexity index is 1150. The van der Waals surface area contributed by atoms with E-state index in [1.54, 1.807) is 24.3 Å². The number of ether oxygens (including phenoxy) is 1. The summed E-state index contributed by atoms with van der Waals surface area (Å²) in [6.07, 6.45) is 4.91. The summed E-state index contributed by atoms with van der Waals surface area (Å²) in [6.45, 7) is -0.610. The minimum Gasteiger partial charge on any atom is -0.452 e. The molecule has 1 fully saturated rings. The van der Waals surface area contributed by atoms with E-state index < -0.39 is 24.4 Å². The summed E-state index contributed by atoms with van der Waals surface area (Å²) >= 11 is 3.26. The number of imide groups is 1. The van der Waals surface area contributed by atoms with Gasteiger partial charge in [0, 0.05) is 10.0 Å². The SMILES string of the molecule is O=C(COC(=O)c1ccc(N2C(=O)[C@H]3CC=CC[C@@H]3C2=O)cc1)NNC(=O)c1ccc(Br)cc1. The number of allylic oxidation sites excluding steroid dienone is 2. The Labute approximate surface area is 203 Å². The Morgan fingerprint density at radius 2 is 1.41 bits per heavy atom. The van der Waals surface area contributed by atoms with Gasteiger partial charge in [-0.2, -0.15) is 0 Å². The van der Waals surface area contributed by atoms with Crippen molar-refractivity contribution in [2.45, 2.75) is 12.8 Å². The van der Waals surface area contributed by atoms with Crippen LogP contribution in [0.5, 0.6) is 0 Å². The lowest BCUT2D eigenvalue weighted by Crippen LogP contribution is -2.43. The molecule has 2 aromatic carbocycles. The number of nitrogens with zero attached hydrogens (tertiary/aromatic N) is 1. The molecule has 2 N–H and O–H groups in total. The number of anilines is 1. The Kier molecular flexibility index (Phi) is 6.87. The zero-order valence-electron chi connectivity index (χ0n) is 17.8. The Hall–Kier alpha value is -3.79. The van der Waals surface area contributed by atoms with E-state index in [2.05, 4.69) is 26.8 Å². The molecule has 0 spiro atoms. The van der Waals surface area contributed by atoms with Crippen molar-refractivity contribution in [1.82, 2.24) is 10.9 Å². The fourth-order valence-electron chi connectivity index (χ4n) is 3.85. The number of halogens is 1. The summed E-state index contributed by atoms with van der Waals surface area (Å²) in [7, 11) is 0. The Morgan fingerprint density at radius 1 is 0.853 bits per heavy atom. The number of amides is 4. The number of carbonyl (C=O) groups excluding carboxylic acids is 5. The highest BCUT2D eigenvalue weighted by molar-refractivity contribution is 9.10. The minimum absolute atomic E-state index is 0.147. The van der Waals surface area contributed by atoms with Gasteiger partial charge in [0.25, 0.3) is 11.8 Å². The van der Waals surface area contributed by atoms with Crippen molar-refractivity contribution in [3.05, 3.63) is 76.3 Å². The van der Waals surface area contributed by atoms with Gasteiger partial charge < -0.3 is 4.74 Å². The molecular formula is C24H20BrN3O6. The van der Waals surface area contributed by atoms with Crippen LogP contribution in [0.4, 0.5) is 5.69 Å². The van der Waals surface area contributed by atoms with Crippen molar-refractivity contribution in [1.29, 1.82) is 0 Å². The third kappa shape index (κ3) is 4.91. The Morgan fingerprint density at radius 3 is 2.00 bits per heavy atom. The first-order valence-electron chi connectivity index (χ1n) is 10.5. The first kappa shape index (κ1) is 23.4. The summed E-state index contributed by atoms with van der Waals surface area (Å²) in [4.78, 5) is 62.6. The molecule has 10 heteroatoms. The predicted molar refractivity (Wildman–Crippen MR) is 124 cm³/mol. The minimum atomic E-state index is -0.766. The summed E-state index contributed by atoms with van der Waals surface area (Å²) < 4.78 is 5.77. The molecule has 9 nitrogen and oxygen atoms in total. The van der Waals surface area contributed by atoms with Gasteiger partial charge in [0.2, 0.25) is 11.8 Å². The van der Waals surface area contributed by atoms with Crippen LogP contribution < -0.4 is 15.8 Å².